The van der Waals surface area contributed by atoms with Crippen LogP contribution in [0.25, 0.3) is 11.0 Å². The van der Waals surface area contributed by atoms with E-state index in [1.807, 2.05) is 20.8 Å². The molecule has 2 saturated heterocycles. The summed E-state index contributed by atoms with van der Waals surface area (Å²) in [6.45, 7) is 5.34. The fourth-order valence-electron chi connectivity index (χ4n) is 3.60. The van der Waals surface area contributed by atoms with Gasteiger partial charge in [0.05, 0.1) is 18.1 Å². The first-order valence-corrected chi connectivity index (χ1v) is 8.49. The average molecular weight is 365 g/mol. The second kappa shape index (κ2) is 6.10. The summed E-state index contributed by atoms with van der Waals surface area (Å²) in [5.41, 5.74) is 7.21. The van der Waals surface area contributed by atoms with Crippen LogP contribution in [-0.2, 0) is 18.9 Å². The molecule has 2 aromatic heterocycles. The Bertz CT molecular complexity index is 825. The number of hydrogen-bond acceptors (Lipinski definition) is 9. The Hall–Kier alpha value is -1.85. The highest BCUT2D eigenvalue weighted by Gasteiger charge is 2.56. The van der Waals surface area contributed by atoms with Gasteiger partial charge in [0.25, 0.3) is 0 Å². The lowest BCUT2D eigenvalue weighted by Crippen LogP contribution is -2.31. The maximum Gasteiger partial charge on any atom is 0.181 e. The standard InChI is InChI=1S/C16H23N5O5/c1-7(23-4)10-9-13(17)18-6-19-14(9)21(20-10)15-12-11(8(5-22)24-15)25-16(2,3)26-12/h6-8,11-12,15,22H,5H2,1-4H3,(H2,17,18,19)/t7-,8+,11+,12+,15+/m0/s1. The molecule has 0 radical (unpaired) electrons. The number of aliphatic hydroxyl groups is 1. The predicted octanol–water partition coefficient (Wildman–Crippen LogP) is 0.526. The Kier molecular flexibility index (Phi) is 4.12. The Morgan fingerprint density at radius 3 is 2.77 bits per heavy atom. The molecule has 0 spiro atoms. The molecule has 10 heteroatoms. The Balaban J connectivity index is 1.83. The van der Waals surface area contributed by atoms with Gasteiger partial charge in [-0.15, -0.1) is 0 Å². The minimum absolute atomic E-state index is 0.186. The van der Waals surface area contributed by atoms with Crippen molar-refractivity contribution in [3.63, 3.8) is 0 Å². The zero-order valence-corrected chi connectivity index (χ0v) is 15.1. The largest absolute Gasteiger partial charge is 0.394 e. The first-order valence-electron chi connectivity index (χ1n) is 8.49. The summed E-state index contributed by atoms with van der Waals surface area (Å²) in [7, 11) is 1.59. The van der Waals surface area contributed by atoms with Crippen molar-refractivity contribution in [3.05, 3.63) is 12.0 Å². The van der Waals surface area contributed by atoms with Crippen molar-refractivity contribution in [2.45, 2.75) is 57.2 Å². The van der Waals surface area contributed by atoms with Crippen molar-refractivity contribution < 1.29 is 24.1 Å². The Morgan fingerprint density at radius 2 is 2.08 bits per heavy atom. The second-order valence-corrected chi connectivity index (χ2v) is 6.98. The molecule has 0 saturated carbocycles. The van der Waals surface area contributed by atoms with Crippen LogP contribution in [0, 0.1) is 0 Å². The number of nitrogens with two attached hydrogens (primary N) is 1. The van der Waals surface area contributed by atoms with Gasteiger partial charge in [-0.3, -0.25) is 0 Å². The van der Waals surface area contributed by atoms with E-state index in [-0.39, 0.29) is 12.7 Å². The zero-order chi connectivity index (χ0) is 18.6. The molecule has 2 fully saturated rings. The van der Waals surface area contributed by atoms with Crippen LogP contribution in [0.15, 0.2) is 6.33 Å². The lowest BCUT2D eigenvalue weighted by atomic mass is 10.1. The van der Waals surface area contributed by atoms with Crippen LogP contribution in [0.2, 0.25) is 0 Å². The molecule has 2 aliphatic rings. The molecular weight excluding hydrogens is 342 g/mol. The van der Waals surface area contributed by atoms with Crippen molar-refractivity contribution in [1.29, 1.82) is 0 Å². The quantitative estimate of drug-likeness (QED) is 0.797. The molecule has 2 aromatic rings. The highest BCUT2D eigenvalue weighted by atomic mass is 16.8. The van der Waals surface area contributed by atoms with Crippen LogP contribution in [-0.4, -0.2) is 62.7 Å². The van der Waals surface area contributed by atoms with Gasteiger partial charge >= 0.3 is 0 Å². The number of ether oxygens (including phenoxy) is 4. The normalized spacial score (nSPS) is 31.4. The van der Waals surface area contributed by atoms with E-state index >= 15 is 0 Å². The first-order chi connectivity index (χ1) is 12.4. The van der Waals surface area contributed by atoms with Gasteiger partial charge in [0.2, 0.25) is 0 Å². The van der Waals surface area contributed by atoms with Gasteiger partial charge in [-0.05, 0) is 20.8 Å². The third-order valence-corrected chi connectivity index (χ3v) is 4.83. The van der Waals surface area contributed by atoms with Crippen molar-refractivity contribution >= 4 is 16.9 Å². The smallest absolute Gasteiger partial charge is 0.181 e. The molecule has 142 valence electrons. The van der Waals surface area contributed by atoms with E-state index in [1.165, 1.54) is 6.33 Å². The van der Waals surface area contributed by atoms with Crippen LogP contribution >= 0.6 is 0 Å². The number of aromatic nitrogens is 4. The molecule has 0 aliphatic carbocycles. The van der Waals surface area contributed by atoms with Gasteiger partial charge in [0.1, 0.15) is 36.2 Å². The van der Waals surface area contributed by atoms with Crippen LogP contribution < -0.4 is 5.73 Å². The van der Waals surface area contributed by atoms with Gasteiger partial charge in [-0.25, -0.2) is 14.6 Å². The number of nitrogen functional groups attached to an aromatic ring is 1. The molecule has 0 amide bonds. The van der Waals surface area contributed by atoms with Crippen LogP contribution in [0.3, 0.4) is 0 Å². The van der Waals surface area contributed by atoms with Gasteiger partial charge in [-0.1, -0.05) is 0 Å². The van der Waals surface area contributed by atoms with E-state index in [2.05, 4.69) is 15.1 Å². The monoisotopic (exact) mass is 365 g/mol. The third-order valence-electron chi connectivity index (χ3n) is 4.83. The fraction of sp³-hybridized carbons (Fsp3) is 0.688. The summed E-state index contributed by atoms with van der Waals surface area (Å²) in [5.74, 6) is -0.456. The molecular formula is C16H23N5O5. The number of rotatable bonds is 4. The van der Waals surface area contributed by atoms with Gasteiger partial charge in [-0.2, -0.15) is 5.10 Å². The lowest BCUT2D eigenvalue weighted by Gasteiger charge is -2.23. The number of methoxy groups -OCH3 is 1. The Labute approximate surface area is 150 Å². The molecule has 4 heterocycles. The maximum absolute atomic E-state index is 9.68. The molecule has 0 bridgehead atoms. The maximum atomic E-state index is 9.68. The molecule has 26 heavy (non-hydrogen) atoms. The summed E-state index contributed by atoms with van der Waals surface area (Å²) in [4.78, 5) is 8.41. The highest BCUT2D eigenvalue weighted by Crippen LogP contribution is 2.44. The lowest BCUT2D eigenvalue weighted by molar-refractivity contribution is -0.201. The van der Waals surface area contributed by atoms with E-state index in [0.29, 0.717) is 22.5 Å². The van der Waals surface area contributed by atoms with E-state index in [1.54, 1.807) is 11.8 Å². The highest BCUT2D eigenvalue weighted by molar-refractivity contribution is 5.88. The predicted molar refractivity (Wildman–Crippen MR) is 90.0 cm³/mol. The van der Waals surface area contributed by atoms with E-state index in [0.717, 1.165) is 0 Å². The summed E-state index contributed by atoms with van der Waals surface area (Å²) < 4.78 is 25.0. The third kappa shape index (κ3) is 2.57. The summed E-state index contributed by atoms with van der Waals surface area (Å²) in [6, 6.07) is 0. The molecule has 0 aromatic carbocycles. The van der Waals surface area contributed by atoms with E-state index in [4.69, 9.17) is 24.7 Å². The van der Waals surface area contributed by atoms with Crippen molar-refractivity contribution in [2.75, 3.05) is 19.5 Å². The number of nitrogens with zero attached hydrogens (tertiary/aromatic N) is 4. The van der Waals surface area contributed by atoms with Gasteiger partial charge < -0.3 is 29.8 Å². The van der Waals surface area contributed by atoms with Gasteiger partial charge in [0, 0.05) is 7.11 Å². The number of anilines is 1. The average Bonchev–Trinajstić information content (AvgIpc) is 3.23. The van der Waals surface area contributed by atoms with Crippen molar-refractivity contribution in [2.24, 2.45) is 0 Å². The molecule has 4 rings (SSSR count). The fourth-order valence-corrected chi connectivity index (χ4v) is 3.60. The summed E-state index contributed by atoms with van der Waals surface area (Å²) in [5, 5.41) is 14.9. The molecule has 2 aliphatic heterocycles. The first kappa shape index (κ1) is 17.6. The number of hydrogen-bond donors (Lipinski definition) is 2. The minimum Gasteiger partial charge on any atom is -0.394 e. The summed E-state index contributed by atoms with van der Waals surface area (Å²) >= 11 is 0. The molecule has 10 nitrogen and oxygen atoms in total. The Morgan fingerprint density at radius 1 is 1.35 bits per heavy atom. The topological polar surface area (TPSA) is 127 Å². The number of fused-ring (bicyclic) bond motifs is 2. The summed E-state index contributed by atoms with van der Waals surface area (Å²) in [6.07, 6.45) is -0.908. The van der Waals surface area contributed by atoms with Crippen LogP contribution in [0.4, 0.5) is 5.82 Å². The molecule has 5 atom stereocenters. The van der Waals surface area contributed by atoms with Crippen LogP contribution in [0.5, 0.6) is 0 Å². The van der Waals surface area contributed by atoms with E-state index in [9.17, 15) is 5.11 Å². The van der Waals surface area contributed by atoms with Crippen LogP contribution in [0.1, 0.15) is 38.8 Å². The van der Waals surface area contributed by atoms with E-state index < -0.39 is 30.3 Å². The van der Waals surface area contributed by atoms with Crippen molar-refractivity contribution in [3.8, 4) is 0 Å². The number of aliphatic hydroxyl groups excluding tert-OH is 1. The second-order valence-electron chi connectivity index (χ2n) is 6.98. The van der Waals surface area contributed by atoms with Gasteiger partial charge in [0.15, 0.2) is 17.7 Å². The minimum atomic E-state index is -0.773. The molecule has 0 unspecified atom stereocenters. The SMILES string of the molecule is CO[C@@H](C)c1nn([C@@H]2O[C@H](CO)[C@H]3OC(C)(C)O[C@H]32)c2ncnc(N)c12. The van der Waals surface area contributed by atoms with Crippen molar-refractivity contribution in [1.82, 2.24) is 19.7 Å². The zero-order valence-electron chi connectivity index (χ0n) is 15.1. The molecule has 3 N–H and O–H groups in total.